The minimum atomic E-state index is -3.66. The molecule has 1 atom stereocenters. The van der Waals surface area contributed by atoms with Gasteiger partial charge in [-0.2, -0.15) is 0 Å². The molecule has 7 nitrogen and oxygen atoms in total. The van der Waals surface area contributed by atoms with E-state index in [0.29, 0.717) is 5.69 Å². The Morgan fingerprint density at radius 2 is 1.96 bits per heavy atom. The molecule has 1 aromatic rings. The second-order valence-corrected chi connectivity index (χ2v) is 7.62. The van der Waals surface area contributed by atoms with Crippen molar-refractivity contribution in [1.29, 1.82) is 0 Å². The Bertz CT molecular complexity index is 629. The van der Waals surface area contributed by atoms with E-state index in [1.165, 1.54) is 19.2 Å². The van der Waals surface area contributed by atoms with Crippen molar-refractivity contribution in [3.05, 3.63) is 24.3 Å². The molecule has 0 fully saturated rings. The van der Waals surface area contributed by atoms with E-state index in [9.17, 15) is 13.2 Å². The normalized spacial score (nSPS) is 13.1. The molecule has 23 heavy (non-hydrogen) atoms. The van der Waals surface area contributed by atoms with Crippen LogP contribution in [0.5, 0.6) is 0 Å². The maximum absolute atomic E-state index is 12.3. The molecule has 0 aliphatic carbocycles. The SMILES string of the molecule is COCC(N)C(=O)Nc1cccc(S(=O)(=O)NC(C)(C)C)c1.Cl. The van der Waals surface area contributed by atoms with Crippen LogP contribution in [-0.4, -0.2) is 39.6 Å². The summed E-state index contributed by atoms with van der Waals surface area (Å²) in [4.78, 5) is 11.9. The van der Waals surface area contributed by atoms with Crippen molar-refractivity contribution in [3.63, 3.8) is 0 Å². The van der Waals surface area contributed by atoms with E-state index >= 15 is 0 Å². The summed E-state index contributed by atoms with van der Waals surface area (Å²) < 4.78 is 31.9. The van der Waals surface area contributed by atoms with Gasteiger partial charge in [0, 0.05) is 18.3 Å². The first kappa shape index (κ1) is 21.8. The molecule has 0 spiro atoms. The van der Waals surface area contributed by atoms with Crippen LogP contribution in [-0.2, 0) is 19.6 Å². The number of benzene rings is 1. The fourth-order valence-electron chi connectivity index (χ4n) is 1.69. The molecule has 0 aliphatic heterocycles. The average molecular weight is 366 g/mol. The topological polar surface area (TPSA) is 111 Å². The van der Waals surface area contributed by atoms with Crippen molar-refractivity contribution in [1.82, 2.24) is 4.72 Å². The summed E-state index contributed by atoms with van der Waals surface area (Å²) in [5.41, 5.74) is 5.37. The monoisotopic (exact) mass is 365 g/mol. The van der Waals surface area contributed by atoms with Crippen molar-refractivity contribution in [2.24, 2.45) is 5.73 Å². The number of carbonyl (C=O) groups excluding carboxylic acids is 1. The Kier molecular flexibility index (Phi) is 8.16. The largest absolute Gasteiger partial charge is 0.383 e. The van der Waals surface area contributed by atoms with Crippen LogP contribution in [0.2, 0.25) is 0 Å². The summed E-state index contributed by atoms with van der Waals surface area (Å²) in [6.07, 6.45) is 0. The van der Waals surface area contributed by atoms with E-state index < -0.39 is 27.5 Å². The van der Waals surface area contributed by atoms with E-state index in [1.54, 1.807) is 32.9 Å². The second-order valence-electron chi connectivity index (χ2n) is 5.93. The van der Waals surface area contributed by atoms with Gasteiger partial charge in [0.2, 0.25) is 15.9 Å². The highest BCUT2D eigenvalue weighted by atomic mass is 35.5. The predicted molar refractivity (Wildman–Crippen MR) is 92.2 cm³/mol. The number of methoxy groups -OCH3 is 1. The quantitative estimate of drug-likeness (QED) is 0.699. The van der Waals surface area contributed by atoms with E-state index in [2.05, 4.69) is 10.0 Å². The Hall–Kier alpha value is -1.19. The van der Waals surface area contributed by atoms with Crippen LogP contribution in [0.1, 0.15) is 20.8 Å². The number of carbonyl (C=O) groups is 1. The fourth-order valence-corrected chi connectivity index (χ4v) is 3.16. The van der Waals surface area contributed by atoms with Crippen LogP contribution in [0.15, 0.2) is 29.2 Å². The van der Waals surface area contributed by atoms with Crippen LogP contribution < -0.4 is 15.8 Å². The molecule has 0 aromatic heterocycles. The Balaban J connectivity index is 0.00000484. The van der Waals surface area contributed by atoms with Crippen molar-refractivity contribution in [2.45, 2.75) is 37.2 Å². The highest BCUT2D eigenvalue weighted by Gasteiger charge is 2.22. The molecule has 0 heterocycles. The first-order valence-corrected chi connectivity index (χ1v) is 8.23. The third kappa shape index (κ3) is 7.28. The number of rotatable bonds is 6. The summed E-state index contributed by atoms with van der Waals surface area (Å²) in [5, 5.41) is 2.57. The lowest BCUT2D eigenvalue weighted by Crippen LogP contribution is -2.40. The van der Waals surface area contributed by atoms with E-state index in [-0.39, 0.29) is 23.9 Å². The smallest absolute Gasteiger partial charge is 0.243 e. The number of amides is 1. The van der Waals surface area contributed by atoms with Crippen LogP contribution >= 0.6 is 12.4 Å². The fraction of sp³-hybridized carbons (Fsp3) is 0.500. The highest BCUT2D eigenvalue weighted by Crippen LogP contribution is 2.17. The number of halogens is 1. The summed E-state index contributed by atoms with van der Waals surface area (Å²) in [6, 6.07) is 5.16. The summed E-state index contributed by atoms with van der Waals surface area (Å²) in [7, 11) is -2.22. The van der Waals surface area contributed by atoms with Gasteiger partial charge in [0.1, 0.15) is 6.04 Å². The number of nitrogens with one attached hydrogen (secondary N) is 2. The maximum atomic E-state index is 12.3. The lowest BCUT2D eigenvalue weighted by atomic mass is 10.1. The Morgan fingerprint density at radius 3 is 2.48 bits per heavy atom. The summed E-state index contributed by atoms with van der Waals surface area (Å²) in [5.74, 6) is -0.444. The number of ether oxygens (including phenoxy) is 1. The molecule has 0 saturated carbocycles. The Morgan fingerprint density at radius 1 is 1.35 bits per heavy atom. The molecule has 1 aromatic carbocycles. The van der Waals surface area contributed by atoms with Gasteiger partial charge >= 0.3 is 0 Å². The molecule has 132 valence electrons. The van der Waals surface area contributed by atoms with Crippen LogP contribution in [0, 0.1) is 0 Å². The van der Waals surface area contributed by atoms with Gasteiger partial charge in [-0.1, -0.05) is 6.07 Å². The molecule has 9 heteroatoms. The minimum Gasteiger partial charge on any atom is -0.383 e. The predicted octanol–water partition coefficient (Wildman–Crippen LogP) is 1.10. The lowest BCUT2D eigenvalue weighted by molar-refractivity contribution is -0.118. The molecular formula is C14H24ClN3O4S. The van der Waals surface area contributed by atoms with Gasteiger partial charge < -0.3 is 15.8 Å². The first-order chi connectivity index (χ1) is 10.0. The van der Waals surface area contributed by atoms with E-state index in [1.807, 2.05) is 0 Å². The molecule has 1 unspecified atom stereocenters. The van der Waals surface area contributed by atoms with Crippen molar-refractivity contribution in [3.8, 4) is 0 Å². The van der Waals surface area contributed by atoms with E-state index in [0.717, 1.165) is 0 Å². The third-order valence-electron chi connectivity index (χ3n) is 2.54. The average Bonchev–Trinajstić information content (AvgIpc) is 2.36. The number of sulfonamides is 1. The summed E-state index contributed by atoms with van der Waals surface area (Å²) in [6.45, 7) is 5.33. The number of hydrogen-bond donors (Lipinski definition) is 3. The van der Waals surface area contributed by atoms with Gasteiger partial charge in [0.05, 0.1) is 11.5 Å². The van der Waals surface area contributed by atoms with Gasteiger partial charge in [-0.25, -0.2) is 13.1 Å². The zero-order chi connectivity index (χ0) is 17.0. The summed E-state index contributed by atoms with van der Waals surface area (Å²) >= 11 is 0. The first-order valence-electron chi connectivity index (χ1n) is 6.74. The number of anilines is 1. The molecule has 1 amide bonds. The van der Waals surface area contributed by atoms with Crippen molar-refractivity contribution >= 4 is 34.0 Å². The molecule has 0 radical (unpaired) electrons. The zero-order valence-electron chi connectivity index (χ0n) is 13.6. The molecule has 4 N–H and O–H groups in total. The van der Waals surface area contributed by atoms with Gasteiger partial charge in [-0.05, 0) is 39.0 Å². The van der Waals surface area contributed by atoms with Crippen LogP contribution in [0.25, 0.3) is 0 Å². The molecule has 1 rings (SSSR count). The standard InChI is InChI=1S/C14H23N3O4S.ClH/c1-14(2,3)17-22(19,20)11-7-5-6-10(8-11)16-13(18)12(15)9-21-4;/h5-8,12,17H,9,15H2,1-4H3,(H,16,18);1H. The molecule has 0 bridgehead atoms. The zero-order valence-corrected chi connectivity index (χ0v) is 15.3. The van der Waals surface area contributed by atoms with Gasteiger partial charge in [-0.3, -0.25) is 4.79 Å². The molecule has 0 saturated heterocycles. The van der Waals surface area contributed by atoms with Crippen molar-refractivity contribution < 1.29 is 17.9 Å². The van der Waals surface area contributed by atoms with Crippen molar-refractivity contribution in [2.75, 3.05) is 19.0 Å². The number of hydrogen-bond acceptors (Lipinski definition) is 5. The van der Waals surface area contributed by atoms with Gasteiger partial charge in [0.15, 0.2) is 0 Å². The Labute approximate surface area is 143 Å². The van der Waals surface area contributed by atoms with Gasteiger partial charge in [0.25, 0.3) is 0 Å². The molecular weight excluding hydrogens is 342 g/mol. The van der Waals surface area contributed by atoms with Gasteiger partial charge in [-0.15, -0.1) is 12.4 Å². The molecule has 0 aliphatic rings. The van der Waals surface area contributed by atoms with Crippen LogP contribution in [0.3, 0.4) is 0 Å². The highest BCUT2D eigenvalue weighted by molar-refractivity contribution is 7.89. The lowest BCUT2D eigenvalue weighted by Gasteiger charge is -2.20. The number of nitrogens with two attached hydrogens (primary N) is 1. The second kappa shape index (κ2) is 8.60. The third-order valence-corrected chi connectivity index (χ3v) is 4.29. The maximum Gasteiger partial charge on any atom is 0.243 e. The minimum absolute atomic E-state index is 0. The van der Waals surface area contributed by atoms with E-state index in [4.69, 9.17) is 10.5 Å². The van der Waals surface area contributed by atoms with Crippen LogP contribution in [0.4, 0.5) is 5.69 Å².